The highest BCUT2D eigenvalue weighted by atomic mass is 32.1. The summed E-state index contributed by atoms with van der Waals surface area (Å²) in [6.45, 7) is 0. The summed E-state index contributed by atoms with van der Waals surface area (Å²) in [4.78, 5) is 1.10. The number of nitrogens with zero attached hydrogens (tertiary/aromatic N) is 3. The third-order valence-electron chi connectivity index (χ3n) is 3.20. The number of thiophene rings is 1. The van der Waals surface area contributed by atoms with E-state index in [0.29, 0.717) is 0 Å². The number of thiocarbonyl (C=S) groups is 1. The highest BCUT2D eigenvalue weighted by molar-refractivity contribution is 7.80. The summed E-state index contributed by atoms with van der Waals surface area (Å²) in [5.41, 5.74) is 8.42. The molecule has 0 amide bonds. The number of nitrogens with two attached hydrogens (primary N) is 1. The molecule has 0 atom stereocenters. The van der Waals surface area contributed by atoms with Gasteiger partial charge < -0.3 is 5.73 Å². The first kappa shape index (κ1) is 15.2. The van der Waals surface area contributed by atoms with Crippen molar-refractivity contribution in [3.05, 3.63) is 65.2 Å². The summed E-state index contributed by atoms with van der Waals surface area (Å²) in [6.07, 6.45) is 3.56. The molecule has 0 spiro atoms. The Balaban J connectivity index is 2.16. The van der Waals surface area contributed by atoms with E-state index in [1.54, 1.807) is 22.1 Å². The maximum atomic E-state index is 9.19. The van der Waals surface area contributed by atoms with E-state index in [2.05, 4.69) is 5.10 Å². The minimum atomic E-state index is 0.0806. The van der Waals surface area contributed by atoms with Crippen molar-refractivity contribution in [2.24, 2.45) is 5.73 Å². The van der Waals surface area contributed by atoms with Crippen LogP contribution in [0.4, 0.5) is 0 Å². The van der Waals surface area contributed by atoms with Gasteiger partial charge in [-0.2, -0.15) is 10.4 Å². The minimum absolute atomic E-state index is 0.0806. The zero-order chi connectivity index (χ0) is 16.2. The average molecular weight is 336 g/mol. The molecule has 0 unspecified atom stereocenters. The lowest BCUT2D eigenvalue weighted by atomic mass is 10.1. The van der Waals surface area contributed by atoms with Crippen molar-refractivity contribution in [3.63, 3.8) is 0 Å². The molecule has 0 bridgehead atoms. The Morgan fingerprint density at radius 1 is 1.26 bits per heavy atom. The third kappa shape index (κ3) is 3.21. The Hall–Kier alpha value is -2.75. The van der Waals surface area contributed by atoms with Crippen LogP contribution in [0, 0.1) is 11.3 Å². The highest BCUT2D eigenvalue weighted by Gasteiger charge is 2.13. The fraction of sp³-hybridized carbons (Fsp3) is 0. The van der Waals surface area contributed by atoms with E-state index in [4.69, 9.17) is 18.0 Å². The second kappa shape index (κ2) is 6.57. The number of hydrogen-bond donors (Lipinski definition) is 1. The van der Waals surface area contributed by atoms with E-state index in [1.165, 1.54) is 0 Å². The van der Waals surface area contributed by atoms with Gasteiger partial charge in [-0.15, -0.1) is 11.3 Å². The van der Waals surface area contributed by atoms with E-state index in [1.807, 2.05) is 60.1 Å². The van der Waals surface area contributed by atoms with Gasteiger partial charge in [-0.05, 0) is 29.7 Å². The van der Waals surface area contributed by atoms with Crippen molar-refractivity contribution in [2.75, 3.05) is 0 Å². The van der Waals surface area contributed by atoms with Crippen LogP contribution in [0.1, 0.15) is 5.56 Å². The number of para-hydroxylation sites is 1. The zero-order valence-electron chi connectivity index (χ0n) is 12.0. The van der Waals surface area contributed by atoms with E-state index in [-0.39, 0.29) is 10.6 Å². The van der Waals surface area contributed by atoms with Crippen LogP contribution in [-0.4, -0.2) is 14.8 Å². The van der Waals surface area contributed by atoms with E-state index >= 15 is 0 Å². The summed E-state index contributed by atoms with van der Waals surface area (Å²) >= 11 is 6.51. The quantitative estimate of drug-likeness (QED) is 0.447. The van der Waals surface area contributed by atoms with Crippen molar-refractivity contribution in [2.45, 2.75) is 0 Å². The molecule has 2 heterocycles. The molecule has 0 radical (unpaired) electrons. The highest BCUT2D eigenvalue weighted by Crippen LogP contribution is 2.29. The fourth-order valence-corrected chi connectivity index (χ4v) is 2.96. The number of benzene rings is 1. The van der Waals surface area contributed by atoms with Crippen molar-refractivity contribution in [1.29, 1.82) is 5.26 Å². The second-order valence-electron chi connectivity index (χ2n) is 4.72. The Bertz CT molecular complexity index is 900. The number of rotatable bonds is 4. The summed E-state index contributed by atoms with van der Waals surface area (Å²) in [5, 5.41) is 15.8. The molecule has 0 saturated heterocycles. The Morgan fingerprint density at radius 3 is 2.65 bits per heavy atom. The van der Waals surface area contributed by atoms with Gasteiger partial charge in [0.15, 0.2) is 0 Å². The summed E-state index contributed by atoms with van der Waals surface area (Å²) in [5.74, 6) is 0. The smallest absolute Gasteiger partial charge is 0.114 e. The van der Waals surface area contributed by atoms with Crippen LogP contribution >= 0.6 is 23.6 Å². The average Bonchev–Trinajstić information content (AvgIpc) is 3.22. The van der Waals surface area contributed by atoms with Crippen LogP contribution in [-0.2, 0) is 0 Å². The zero-order valence-corrected chi connectivity index (χ0v) is 13.6. The molecule has 3 aromatic rings. The maximum absolute atomic E-state index is 9.19. The van der Waals surface area contributed by atoms with Gasteiger partial charge in [0, 0.05) is 11.8 Å². The molecular formula is C17H12N4S2. The predicted octanol–water partition coefficient (Wildman–Crippen LogP) is 3.79. The molecule has 0 aliphatic heterocycles. The molecule has 0 saturated carbocycles. The monoisotopic (exact) mass is 336 g/mol. The number of hydrogen-bond acceptors (Lipinski definition) is 4. The van der Waals surface area contributed by atoms with Crippen LogP contribution < -0.4 is 5.73 Å². The molecule has 2 aromatic heterocycles. The number of nitriles is 1. The van der Waals surface area contributed by atoms with E-state index in [0.717, 1.165) is 21.8 Å². The standard InChI is InChI=1S/C17H12N4S2/c18-10-12(17(19)22)9-13-11-21(14-5-2-1-3-6-14)20-16(13)15-7-4-8-23-15/h1-9,11H,(H2,19,22). The Labute approximate surface area is 143 Å². The first-order valence-corrected chi connectivity index (χ1v) is 8.08. The van der Waals surface area contributed by atoms with Gasteiger partial charge in [-0.25, -0.2) is 4.68 Å². The van der Waals surface area contributed by atoms with Crippen molar-refractivity contribution in [1.82, 2.24) is 9.78 Å². The molecule has 0 aliphatic rings. The summed E-state index contributed by atoms with van der Waals surface area (Å²) in [7, 11) is 0. The lowest BCUT2D eigenvalue weighted by molar-refractivity contribution is 0.885. The van der Waals surface area contributed by atoms with Gasteiger partial charge >= 0.3 is 0 Å². The Kier molecular flexibility index (Phi) is 4.33. The normalized spacial score (nSPS) is 11.2. The molecule has 3 rings (SSSR count). The van der Waals surface area contributed by atoms with Gasteiger partial charge in [-0.1, -0.05) is 36.5 Å². The topological polar surface area (TPSA) is 67.6 Å². The number of aromatic nitrogens is 2. The van der Waals surface area contributed by atoms with Crippen LogP contribution in [0.15, 0.2) is 59.6 Å². The molecule has 23 heavy (non-hydrogen) atoms. The van der Waals surface area contributed by atoms with E-state index < -0.39 is 0 Å². The Morgan fingerprint density at radius 2 is 2.04 bits per heavy atom. The van der Waals surface area contributed by atoms with Gasteiger partial charge in [0.2, 0.25) is 0 Å². The fourth-order valence-electron chi connectivity index (χ4n) is 2.12. The maximum Gasteiger partial charge on any atom is 0.114 e. The van der Waals surface area contributed by atoms with Gasteiger partial charge in [-0.3, -0.25) is 0 Å². The first-order chi connectivity index (χ1) is 11.2. The van der Waals surface area contributed by atoms with E-state index in [9.17, 15) is 5.26 Å². The second-order valence-corrected chi connectivity index (χ2v) is 6.11. The largest absolute Gasteiger partial charge is 0.389 e. The third-order valence-corrected chi connectivity index (χ3v) is 4.30. The minimum Gasteiger partial charge on any atom is -0.389 e. The van der Waals surface area contributed by atoms with Crippen LogP contribution in [0.5, 0.6) is 0 Å². The van der Waals surface area contributed by atoms with Gasteiger partial charge in [0.1, 0.15) is 16.8 Å². The molecule has 2 N–H and O–H groups in total. The lowest BCUT2D eigenvalue weighted by Crippen LogP contribution is -2.09. The van der Waals surface area contributed by atoms with Crippen LogP contribution in [0.3, 0.4) is 0 Å². The molecule has 0 aliphatic carbocycles. The first-order valence-electron chi connectivity index (χ1n) is 6.79. The SMILES string of the molecule is N#CC(=Cc1cn(-c2ccccc2)nc1-c1cccs1)C(N)=S. The van der Waals surface area contributed by atoms with Crippen molar-refractivity contribution < 1.29 is 0 Å². The van der Waals surface area contributed by atoms with Gasteiger partial charge in [0.25, 0.3) is 0 Å². The van der Waals surface area contributed by atoms with Crippen molar-refractivity contribution >= 4 is 34.6 Å². The molecule has 6 heteroatoms. The van der Waals surface area contributed by atoms with Crippen molar-refractivity contribution in [3.8, 4) is 22.3 Å². The molecule has 112 valence electrons. The van der Waals surface area contributed by atoms with Gasteiger partial charge in [0.05, 0.1) is 16.1 Å². The summed E-state index contributed by atoms with van der Waals surface area (Å²) < 4.78 is 1.79. The molecule has 0 fully saturated rings. The lowest BCUT2D eigenvalue weighted by Gasteiger charge is -1.99. The predicted molar refractivity (Wildman–Crippen MR) is 97.3 cm³/mol. The molecular weight excluding hydrogens is 324 g/mol. The molecule has 4 nitrogen and oxygen atoms in total. The summed E-state index contributed by atoms with van der Waals surface area (Å²) in [6, 6.07) is 15.8. The van der Waals surface area contributed by atoms with Crippen LogP contribution in [0.2, 0.25) is 0 Å². The van der Waals surface area contributed by atoms with Crippen LogP contribution in [0.25, 0.3) is 22.3 Å². The molecule has 1 aromatic carbocycles.